The second kappa shape index (κ2) is 6.16. The van der Waals surface area contributed by atoms with Crippen LogP contribution in [0.1, 0.15) is 25.8 Å². The van der Waals surface area contributed by atoms with E-state index in [0.717, 1.165) is 12.2 Å². The van der Waals surface area contributed by atoms with Gasteiger partial charge in [0.25, 0.3) is 0 Å². The van der Waals surface area contributed by atoms with E-state index in [2.05, 4.69) is 41.9 Å². The normalized spacial score (nSPS) is 12.9. The molecule has 1 rings (SSSR count). The molecule has 1 nitrogen and oxygen atoms in total. The highest BCUT2D eigenvalue weighted by atomic mass is 79.9. The van der Waals surface area contributed by atoms with Crippen LogP contribution < -0.4 is 4.74 Å². The Balaban J connectivity index is 2.50. The van der Waals surface area contributed by atoms with Crippen molar-refractivity contribution in [3.05, 3.63) is 29.8 Å². The van der Waals surface area contributed by atoms with Gasteiger partial charge in [0.15, 0.2) is 0 Å². The first kappa shape index (κ1) is 12.6. The number of hydrogen-bond acceptors (Lipinski definition) is 1. The third-order valence-corrected chi connectivity index (χ3v) is 4.08. The number of hydrogen-bond donors (Lipinski definition) is 0. The second-order valence-electron chi connectivity index (χ2n) is 4.15. The van der Waals surface area contributed by atoms with E-state index in [1.807, 2.05) is 12.1 Å². The summed E-state index contributed by atoms with van der Waals surface area (Å²) in [5, 5.41) is 0. The molecular formula is C13H19BrO. The van der Waals surface area contributed by atoms with E-state index in [4.69, 9.17) is 4.74 Å². The molecular weight excluding hydrogens is 252 g/mol. The lowest BCUT2D eigenvalue weighted by molar-refractivity contribution is 0.414. The van der Waals surface area contributed by atoms with Gasteiger partial charge in [0.1, 0.15) is 5.75 Å². The van der Waals surface area contributed by atoms with Crippen LogP contribution in [0.4, 0.5) is 0 Å². The average Bonchev–Trinajstić information content (AvgIpc) is 2.26. The molecule has 1 atom stereocenters. The summed E-state index contributed by atoms with van der Waals surface area (Å²) < 4.78 is 5.20. The van der Waals surface area contributed by atoms with Gasteiger partial charge in [0.2, 0.25) is 0 Å². The number of halogens is 1. The summed E-state index contributed by atoms with van der Waals surface area (Å²) in [5.74, 6) is 1.64. The van der Waals surface area contributed by atoms with Gasteiger partial charge in [0, 0.05) is 4.83 Å². The predicted molar refractivity (Wildman–Crippen MR) is 68.9 cm³/mol. The zero-order chi connectivity index (χ0) is 11.3. The first-order valence-corrected chi connectivity index (χ1v) is 6.32. The highest BCUT2D eigenvalue weighted by Crippen LogP contribution is 2.20. The number of aryl methyl sites for hydroxylation is 1. The zero-order valence-corrected chi connectivity index (χ0v) is 11.3. The largest absolute Gasteiger partial charge is 0.497 e. The average molecular weight is 271 g/mol. The van der Waals surface area contributed by atoms with Crippen molar-refractivity contribution in [3.8, 4) is 5.75 Å². The molecule has 0 saturated heterocycles. The molecule has 0 fully saturated rings. The lowest BCUT2D eigenvalue weighted by Gasteiger charge is -2.13. The molecule has 15 heavy (non-hydrogen) atoms. The quantitative estimate of drug-likeness (QED) is 0.734. The Kier molecular flexibility index (Phi) is 5.16. The Morgan fingerprint density at radius 3 is 2.67 bits per heavy atom. The summed E-state index contributed by atoms with van der Waals surface area (Å²) in [6.45, 7) is 4.48. The van der Waals surface area contributed by atoms with Crippen molar-refractivity contribution in [2.45, 2.75) is 31.5 Å². The first-order valence-electron chi connectivity index (χ1n) is 5.40. The maximum atomic E-state index is 5.20. The van der Waals surface area contributed by atoms with Crippen molar-refractivity contribution < 1.29 is 4.74 Å². The van der Waals surface area contributed by atoms with Crippen molar-refractivity contribution in [2.24, 2.45) is 5.92 Å². The summed E-state index contributed by atoms with van der Waals surface area (Å²) in [4.78, 5) is 0.601. The van der Waals surface area contributed by atoms with E-state index < -0.39 is 0 Å². The minimum atomic E-state index is 0.601. The molecule has 0 N–H and O–H groups in total. The van der Waals surface area contributed by atoms with Crippen molar-refractivity contribution in [2.75, 3.05) is 7.11 Å². The standard InChI is InChI=1S/C13H19BrO/c1-10(2)13(14)8-7-11-5-4-6-12(9-11)15-3/h4-6,9-10,13H,7-8H2,1-3H3. The van der Waals surface area contributed by atoms with Crippen molar-refractivity contribution in [3.63, 3.8) is 0 Å². The van der Waals surface area contributed by atoms with Gasteiger partial charge in [-0.3, -0.25) is 0 Å². The van der Waals surface area contributed by atoms with E-state index in [1.165, 1.54) is 12.0 Å². The van der Waals surface area contributed by atoms with Crippen LogP contribution in [0.3, 0.4) is 0 Å². The van der Waals surface area contributed by atoms with Gasteiger partial charge in [-0.05, 0) is 36.5 Å². The summed E-state index contributed by atoms with van der Waals surface area (Å²) in [5.41, 5.74) is 1.35. The third-order valence-electron chi connectivity index (χ3n) is 2.57. The van der Waals surface area contributed by atoms with Gasteiger partial charge < -0.3 is 4.74 Å². The van der Waals surface area contributed by atoms with Crippen LogP contribution in [0.25, 0.3) is 0 Å². The molecule has 2 heteroatoms. The zero-order valence-electron chi connectivity index (χ0n) is 9.66. The Labute approximate surface area is 101 Å². The number of methoxy groups -OCH3 is 1. The van der Waals surface area contributed by atoms with Crippen LogP contribution >= 0.6 is 15.9 Å². The molecule has 0 aliphatic carbocycles. The summed E-state index contributed by atoms with van der Waals surface area (Å²) in [6, 6.07) is 8.30. The minimum Gasteiger partial charge on any atom is -0.497 e. The topological polar surface area (TPSA) is 9.23 Å². The molecule has 0 heterocycles. The fraction of sp³-hybridized carbons (Fsp3) is 0.538. The fourth-order valence-corrected chi connectivity index (χ4v) is 1.69. The van der Waals surface area contributed by atoms with Crippen molar-refractivity contribution in [1.82, 2.24) is 0 Å². The lowest BCUT2D eigenvalue weighted by atomic mass is 10.0. The van der Waals surface area contributed by atoms with Gasteiger partial charge >= 0.3 is 0 Å². The molecule has 0 aliphatic heterocycles. The number of ether oxygens (including phenoxy) is 1. The first-order chi connectivity index (χ1) is 7.13. The molecule has 1 aromatic carbocycles. The molecule has 84 valence electrons. The van der Waals surface area contributed by atoms with Gasteiger partial charge in [-0.1, -0.05) is 41.9 Å². The lowest BCUT2D eigenvalue weighted by Crippen LogP contribution is -2.08. The molecule has 0 amide bonds. The van der Waals surface area contributed by atoms with E-state index in [-0.39, 0.29) is 0 Å². The number of rotatable bonds is 5. The van der Waals surface area contributed by atoms with Crippen LogP contribution in [-0.2, 0) is 6.42 Å². The van der Waals surface area contributed by atoms with Crippen LogP contribution in [0.5, 0.6) is 5.75 Å². The Bertz CT molecular complexity index is 296. The maximum Gasteiger partial charge on any atom is 0.119 e. The second-order valence-corrected chi connectivity index (χ2v) is 5.33. The van der Waals surface area contributed by atoms with E-state index in [9.17, 15) is 0 Å². The van der Waals surface area contributed by atoms with Gasteiger partial charge in [-0.2, -0.15) is 0 Å². The maximum absolute atomic E-state index is 5.20. The SMILES string of the molecule is COc1cccc(CCC(Br)C(C)C)c1. The smallest absolute Gasteiger partial charge is 0.119 e. The summed E-state index contributed by atoms with van der Waals surface area (Å²) in [7, 11) is 1.71. The molecule has 0 saturated carbocycles. The van der Waals surface area contributed by atoms with Crippen molar-refractivity contribution >= 4 is 15.9 Å². The number of benzene rings is 1. The molecule has 1 unspecified atom stereocenters. The summed E-state index contributed by atoms with van der Waals surface area (Å²) in [6.07, 6.45) is 2.27. The van der Waals surface area contributed by atoms with E-state index in [0.29, 0.717) is 10.7 Å². The molecule has 1 aromatic rings. The van der Waals surface area contributed by atoms with Crippen LogP contribution in [0, 0.1) is 5.92 Å². The Morgan fingerprint density at radius 1 is 1.33 bits per heavy atom. The predicted octanol–water partition coefficient (Wildman–Crippen LogP) is 4.05. The Morgan fingerprint density at radius 2 is 2.07 bits per heavy atom. The van der Waals surface area contributed by atoms with Gasteiger partial charge in [0.05, 0.1) is 7.11 Å². The molecule has 0 radical (unpaired) electrons. The highest BCUT2D eigenvalue weighted by Gasteiger charge is 2.08. The van der Waals surface area contributed by atoms with E-state index in [1.54, 1.807) is 7.11 Å². The van der Waals surface area contributed by atoms with Gasteiger partial charge in [-0.25, -0.2) is 0 Å². The van der Waals surface area contributed by atoms with E-state index >= 15 is 0 Å². The highest BCUT2D eigenvalue weighted by molar-refractivity contribution is 9.09. The number of alkyl halides is 1. The van der Waals surface area contributed by atoms with Crippen LogP contribution in [0.15, 0.2) is 24.3 Å². The van der Waals surface area contributed by atoms with Crippen molar-refractivity contribution in [1.29, 1.82) is 0 Å². The molecule has 0 aromatic heterocycles. The van der Waals surface area contributed by atoms with Crippen LogP contribution in [0.2, 0.25) is 0 Å². The molecule has 0 aliphatic rings. The fourth-order valence-electron chi connectivity index (χ4n) is 1.47. The summed E-state index contributed by atoms with van der Waals surface area (Å²) >= 11 is 3.70. The molecule has 0 spiro atoms. The molecule has 0 bridgehead atoms. The monoisotopic (exact) mass is 270 g/mol. The minimum absolute atomic E-state index is 0.601. The Hall–Kier alpha value is -0.500. The van der Waals surface area contributed by atoms with Crippen LogP contribution in [-0.4, -0.2) is 11.9 Å². The third kappa shape index (κ3) is 4.25. The van der Waals surface area contributed by atoms with Gasteiger partial charge in [-0.15, -0.1) is 0 Å².